The monoisotopic (exact) mass is 263 g/mol. The molecule has 17 heavy (non-hydrogen) atoms. The van der Waals surface area contributed by atoms with Crippen LogP contribution in [0.3, 0.4) is 0 Å². The number of H-pyrrole nitrogens is 1. The Labute approximate surface area is 107 Å². The number of nitrogens with zero attached hydrogens (tertiary/aromatic N) is 1. The first-order chi connectivity index (χ1) is 8.29. The van der Waals surface area contributed by atoms with Crippen LogP contribution in [0.4, 0.5) is 0 Å². The van der Waals surface area contributed by atoms with E-state index in [4.69, 9.17) is 17.3 Å². The number of thiazole rings is 1. The molecule has 0 aliphatic rings. The first-order valence-corrected chi connectivity index (χ1v) is 6.41. The Morgan fingerprint density at radius 3 is 2.94 bits per heavy atom. The van der Waals surface area contributed by atoms with Gasteiger partial charge in [-0.2, -0.15) is 0 Å². The van der Waals surface area contributed by atoms with Crippen molar-refractivity contribution >= 4 is 33.8 Å². The van der Waals surface area contributed by atoms with E-state index in [0.29, 0.717) is 11.7 Å². The summed E-state index contributed by atoms with van der Waals surface area (Å²) >= 11 is 7.57. The minimum Gasteiger partial charge on any atom is -0.360 e. The van der Waals surface area contributed by atoms with Crippen LogP contribution in [0, 0.1) is 0 Å². The lowest BCUT2D eigenvalue weighted by molar-refractivity contribution is 1.10. The normalized spacial score (nSPS) is 11.2. The van der Waals surface area contributed by atoms with Crippen molar-refractivity contribution in [2.45, 2.75) is 6.54 Å². The van der Waals surface area contributed by atoms with E-state index in [2.05, 4.69) is 16.0 Å². The Kier molecular flexibility index (Phi) is 2.63. The van der Waals surface area contributed by atoms with Crippen LogP contribution < -0.4 is 5.73 Å². The SMILES string of the molecule is NCc1sc(-c2c[nH]c3ccccc23)nc1Cl. The van der Waals surface area contributed by atoms with E-state index in [0.717, 1.165) is 26.4 Å². The Morgan fingerprint density at radius 2 is 2.18 bits per heavy atom. The van der Waals surface area contributed by atoms with E-state index in [1.165, 1.54) is 0 Å². The van der Waals surface area contributed by atoms with Crippen molar-refractivity contribution in [1.82, 2.24) is 9.97 Å². The lowest BCUT2D eigenvalue weighted by Gasteiger charge is -1.92. The van der Waals surface area contributed by atoms with Crippen molar-refractivity contribution < 1.29 is 0 Å². The maximum atomic E-state index is 6.02. The number of aromatic amines is 1. The average molecular weight is 264 g/mol. The average Bonchev–Trinajstić information content (AvgIpc) is 2.92. The molecule has 0 saturated carbocycles. The van der Waals surface area contributed by atoms with Gasteiger partial charge in [-0.25, -0.2) is 4.98 Å². The Morgan fingerprint density at radius 1 is 1.35 bits per heavy atom. The number of hydrogen-bond donors (Lipinski definition) is 2. The number of fused-ring (bicyclic) bond motifs is 1. The third kappa shape index (κ3) is 1.74. The number of nitrogens with two attached hydrogens (primary N) is 1. The highest BCUT2D eigenvalue weighted by molar-refractivity contribution is 7.15. The molecule has 2 aromatic heterocycles. The van der Waals surface area contributed by atoms with Crippen molar-refractivity contribution in [3.05, 3.63) is 40.5 Å². The number of benzene rings is 1. The molecule has 3 nitrogen and oxygen atoms in total. The Hall–Kier alpha value is -1.36. The lowest BCUT2D eigenvalue weighted by atomic mass is 10.2. The van der Waals surface area contributed by atoms with Gasteiger partial charge in [0.2, 0.25) is 0 Å². The van der Waals surface area contributed by atoms with E-state index in [1.54, 1.807) is 11.3 Å². The largest absolute Gasteiger partial charge is 0.360 e. The third-order valence-corrected chi connectivity index (χ3v) is 4.19. The van der Waals surface area contributed by atoms with E-state index in [-0.39, 0.29) is 0 Å². The molecule has 0 radical (unpaired) electrons. The van der Waals surface area contributed by atoms with Crippen LogP contribution in [0.25, 0.3) is 21.5 Å². The standard InChI is InChI=1S/C12H10ClN3S/c13-11-10(5-14)17-12(16-11)8-6-15-9-4-2-1-3-7(8)9/h1-4,6,15H,5,14H2. The van der Waals surface area contributed by atoms with Gasteiger partial charge in [0.1, 0.15) is 10.2 Å². The zero-order valence-corrected chi connectivity index (χ0v) is 10.5. The van der Waals surface area contributed by atoms with Gasteiger partial charge in [0.25, 0.3) is 0 Å². The molecule has 3 rings (SSSR count). The minimum absolute atomic E-state index is 0.429. The maximum absolute atomic E-state index is 6.02. The smallest absolute Gasteiger partial charge is 0.145 e. The summed E-state index contributed by atoms with van der Waals surface area (Å²) in [5.41, 5.74) is 7.78. The number of aromatic nitrogens is 2. The molecule has 0 atom stereocenters. The van der Waals surface area contributed by atoms with E-state index in [1.807, 2.05) is 24.4 Å². The van der Waals surface area contributed by atoms with Crippen LogP contribution in [0.2, 0.25) is 5.15 Å². The van der Waals surface area contributed by atoms with Gasteiger partial charge in [-0.15, -0.1) is 11.3 Å². The van der Waals surface area contributed by atoms with Gasteiger partial charge in [-0.05, 0) is 6.07 Å². The van der Waals surface area contributed by atoms with E-state index < -0.39 is 0 Å². The van der Waals surface area contributed by atoms with Crippen molar-refractivity contribution in [1.29, 1.82) is 0 Å². The predicted molar refractivity (Wildman–Crippen MR) is 72.3 cm³/mol. The number of halogens is 1. The minimum atomic E-state index is 0.429. The highest BCUT2D eigenvalue weighted by Gasteiger charge is 2.12. The summed E-state index contributed by atoms with van der Waals surface area (Å²) in [7, 11) is 0. The van der Waals surface area contributed by atoms with Crippen LogP contribution in [0.5, 0.6) is 0 Å². The van der Waals surface area contributed by atoms with E-state index in [9.17, 15) is 0 Å². The topological polar surface area (TPSA) is 54.7 Å². The van der Waals surface area contributed by atoms with Gasteiger partial charge in [-0.1, -0.05) is 29.8 Å². The van der Waals surface area contributed by atoms with Crippen LogP contribution in [-0.2, 0) is 6.54 Å². The van der Waals surface area contributed by atoms with Crippen LogP contribution in [0.15, 0.2) is 30.5 Å². The molecule has 0 unspecified atom stereocenters. The fraction of sp³-hybridized carbons (Fsp3) is 0.0833. The molecule has 0 amide bonds. The van der Waals surface area contributed by atoms with Gasteiger partial charge in [0.15, 0.2) is 0 Å². The Bertz CT molecular complexity index is 671. The van der Waals surface area contributed by atoms with E-state index >= 15 is 0 Å². The second-order valence-electron chi connectivity index (χ2n) is 3.69. The molecule has 0 spiro atoms. The number of hydrogen-bond acceptors (Lipinski definition) is 3. The molecule has 0 saturated heterocycles. The van der Waals surface area contributed by atoms with Crippen LogP contribution in [-0.4, -0.2) is 9.97 Å². The summed E-state index contributed by atoms with van der Waals surface area (Å²) in [5.74, 6) is 0. The highest BCUT2D eigenvalue weighted by Crippen LogP contribution is 2.34. The number of nitrogens with one attached hydrogen (secondary N) is 1. The fourth-order valence-corrected chi connectivity index (χ4v) is 3.01. The van der Waals surface area contributed by atoms with Gasteiger partial charge in [0.05, 0.1) is 4.88 Å². The summed E-state index contributed by atoms with van der Waals surface area (Å²) < 4.78 is 0. The molecule has 86 valence electrons. The van der Waals surface area contributed by atoms with Crippen molar-refractivity contribution in [3.63, 3.8) is 0 Å². The Balaban J connectivity index is 2.20. The molecule has 0 bridgehead atoms. The molecule has 0 fully saturated rings. The second kappa shape index (κ2) is 4.14. The summed E-state index contributed by atoms with van der Waals surface area (Å²) in [5, 5.41) is 2.58. The van der Waals surface area contributed by atoms with Crippen LogP contribution >= 0.6 is 22.9 Å². The molecule has 0 aliphatic carbocycles. The summed E-state index contributed by atoms with van der Waals surface area (Å²) in [6.45, 7) is 0.429. The zero-order valence-electron chi connectivity index (χ0n) is 8.90. The quantitative estimate of drug-likeness (QED) is 0.744. The lowest BCUT2D eigenvalue weighted by Crippen LogP contribution is -1.92. The fourth-order valence-electron chi connectivity index (χ4n) is 1.82. The molecule has 5 heteroatoms. The summed E-state index contributed by atoms with van der Waals surface area (Å²) in [6.07, 6.45) is 1.96. The number of rotatable bonds is 2. The molecule has 3 N–H and O–H groups in total. The molecule has 3 aromatic rings. The second-order valence-corrected chi connectivity index (χ2v) is 5.13. The van der Waals surface area contributed by atoms with Gasteiger partial charge in [-0.3, -0.25) is 0 Å². The van der Waals surface area contributed by atoms with Gasteiger partial charge >= 0.3 is 0 Å². The van der Waals surface area contributed by atoms with Crippen molar-refractivity contribution in [2.24, 2.45) is 5.73 Å². The third-order valence-electron chi connectivity index (χ3n) is 2.65. The van der Waals surface area contributed by atoms with Crippen molar-refractivity contribution in [2.75, 3.05) is 0 Å². The summed E-state index contributed by atoms with van der Waals surface area (Å²) in [6, 6.07) is 8.12. The van der Waals surface area contributed by atoms with Crippen molar-refractivity contribution in [3.8, 4) is 10.6 Å². The zero-order chi connectivity index (χ0) is 11.8. The molecular formula is C12H10ClN3S. The van der Waals surface area contributed by atoms with Gasteiger partial charge in [0, 0.05) is 29.2 Å². The maximum Gasteiger partial charge on any atom is 0.145 e. The molecular weight excluding hydrogens is 254 g/mol. The molecule has 2 heterocycles. The first-order valence-electron chi connectivity index (χ1n) is 5.21. The van der Waals surface area contributed by atoms with Crippen LogP contribution in [0.1, 0.15) is 4.88 Å². The highest BCUT2D eigenvalue weighted by atomic mass is 35.5. The predicted octanol–water partition coefficient (Wildman–Crippen LogP) is 3.40. The molecule has 0 aliphatic heterocycles. The van der Waals surface area contributed by atoms with Gasteiger partial charge < -0.3 is 10.7 Å². The summed E-state index contributed by atoms with van der Waals surface area (Å²) in [4.78, 5) is 8.51. The number of para-hydroxylation sites is 1. The first kappa shape index (κ1) is 10.8. The molecule has 1 aromatic carbocycles.